The number of carbonyl (C=O) groups excluding carboxylic acids is 1. The van der Waals surface area contributed by atoms with E-state index in [1.54, 1.807) is 12.1 Å². The molecule has 0 saturated heterocycles. The lowest BCUT2D eigenvalue weighted by Gasteiger charge is -2.07. The Morgan fingerprint density at radius 2 is 1.87 bits per heavy atom. The highest BCUT2D eigenvalue weighted by atomic mass is 32.2. The van der Waals surface area contributed by atoms with E-state index in [1.165, 1.54) is 11.1 Å². The van der Waals surface area contributed by atoms with Gasteiger partial charge in [0.15, 0.2) is 0 Å². The summed E-state index contributed by atoms with van der Waals surface area (Å²) in [4.78, 5) is 11.8. The van der Waals surface area contributed by atoms with Gasteiger partial charge in [0.2, 0.25) is 5.91 Å². The van der Waals surface area contributed by atoms with Gasteiger partial charge in [0.1, 0.15) is 5.75 Å². The van der Waals surface area contributed by atoms with Crippen molar-refractivity contribution >= 4 is 17.7 Å². The third-order valence-electron chi connectivity index (χ3n) is 3.57. The van der Waals surface area contributed by atoms with Crippen LogP contribution in [0.4, 0.5) is 0 Å². The molecule has 0 aromatic heterocycles. The van der Waals surface area contributed by atoms with Gasteiger partial charge in [-0.3, -0.25) is 4.79 Å². The van der Waals surface area contributed by atoms with E-state index in [1.807, 2.05) is 23.9 Å². The first-order chi connectivity index (χ1) is 11.1. The van der Waals surface area contributed by atoms with Crippen LogP contribution in [0.3, 0.4) is 0 Å². The van der Waals surface area contributed by atoms with E-state index in [4.69, 9.17) is 0 Å². The zero-order valence-electron chi connectivity index (χ0n) is 13.4. The zero-order chi connectivity index (χ0) is 16.5. The molecule has 122 valence electrons. The predicted octanol–water partition coefficient (Wildman–Crippen LogP) is 3.68. The molecule has 0 fully saturated rings. The van der Waals surface area contributed by atoms with E-state index in [2.05, 4.69) is 36.5 Å². The Kier molecular flexibility index (Phi) is 7.01. The summed E-state index contributed by atoms with van der Waals surface area (Å²) in [5.41, 5.74) is 3.40. The Morgan fingerprint density at radius 3 is 2.61 bits per heavy atom. The first-order valence-corrected chi connectivity index (χ1v) is 8.97. The molecule has 0 atom stereocenters. The molecular formula is C19H23NO2S. The summed E-state index contributed by atoms with van der Waals surface area (Å²) in [6, 6.07) is 15.7. The van der Waals surface area contributed by atoms with Crippen LogP contribution >= 0.6 is 11.8 Å². The van der Waals surface area contributed by atoms with Crippen molar-refractivity contribution in [2.45, 2.75) is 25.5 Å². The molecular weight excluding hydrogens is 306 g/mol. The number of phenols is 1. The molecule has 0 aliphatic carbocycles. The molecule has 2 aromatic rings. The highest BCUT2D eigenvalue weighted by Gasteiger charge is 2.04. The van der Waals surface area contributed by atoms with Gasteiger partial charge < -0.3 is 10.4 Å². The number of thioether (sulfide) groups is 1. The second-order valence-corrected chi connectivity index (χ2v) is 6.62. The molecule has 0 spiro atoms. The highest BCUT2D eigenvalue weighted by Crippen LogP contribution is 2.17. The molecule has 0 bridgehead atoms. The van der Waals surface area contributed by atoms with Crippen molar-refractivity contribution in [2.24, 2.45) is 0 Å². The molecule has 2 aromatic carbocycles. The number of nitrogens with one attached hydrogen (secondary N) is 1. The summed E-state index contributed by atoms with van der Waals surface area (Å²) in [6.07, 6.45) is 0.967. The number of amides is 1. The molecule has 0 saturated carbocycles. The fourth-order valence-electron chi connectivity index (χ4n) is 2.20. The van der Waals surface area contributed by atoms with Crippen molar-refractivity contribution in [1.29, 1.82) is 0 Å². The van der Waals surface area contributed by atoms with Crippen molar-refractivity contribution in [1.82, 2.24) is 5.32 Å². The predicted molar refractivity (Wildman–Crippen MR) is 96.8 cm³/mol. The number of aryl methyl sites for hydroxylation is 2. The first kappa shape index (κ1) is 17.4. The van der Waals surface area contributed by atoms with Gasteiger partial charge in [-0.15, -0.1) is 0 Å². The largest absolute Gasteiger partial charge is 0.508 e. The maximum atomic E-state index is 11.8. The Morgan fingerprint density at radius 1 is 1.13 bits per heavy atom. The van der Waals surface area contributed by atoms with E-state index < -0.39 is 0 Å². The maximum absolute atomic E-state index is 11.8. The average Bonchev–Trinajstić information content (AvgIpc) is 2.55. The number of phenolic OH excluding ortho intramolecular Hbond substituents is 1. The van der Waals surface area contributed by atoms with Crippen LogP contribution in [0, 0.1) is 6.92 Å². The lowest BCUT2D eigenvalue weighted by molar-refractivity contribution is -0.120. The number of hydrogen-bond acceptors (Lipinski definition) is 3. The molecule has 2 rings (SSSR count). The minimum atomic E-state index is 0.0317. The van der Waals surface area contributed by atoms with Crippen molar-refractivity contribution in [3.63, 3.8) is 0 Å². The Balaban J connectivity index is 1.58. The van der Waals surface area contributed by atoms with E-state index in [0.717, 1.165) is 17.1 Å². The Bertz CT molecular complexity index is 626. The van der Waals surface area contributed by atoms with E-state index in [-0.39, 0.29) is 11.7 Å². The van der Waals surface area contributed by atoms with Crippen LogP contribution in [-0.2, 0) is 17.0 Å². The monoisotopic (exact) mass is 329 g/mol. The molecule has 2 N–H and O–H groups in total. The number of rotatable bonds is 8. The van der Waals surface area contributed by atoms with Gasteiger partial charge in [0.25, 0.3) is 0 Å². The van der Waals surface area contributed by atoms with Gasteiger partial charge >= 0.3 is 0 Å². The molecule has 23 heavy (non-hydrogen) atoms. The zero-order valence-corrected chi connectivity index (χ0v) is 14.2. The SMILES string of the molecule is Cc1ccc(CSCCNC(=O)CCc2ccccc2O)cc1. The standard InChI is InChI=1S/C19H23NO2S/c1-15-6-8-16(9-7-15)14-23-13-12-20-19(22)11-10-17-4-2-3-5-18(17)21/h2-9,21H,10-14H2,1H3,(H,20,22). The first-order valence-electron chi connectivity index (χ1n) is 7.82. The Labute approximate surface area is 142 Å². The van der Waals surface area contributed by atoms with E-state index in [9.17, 15) is 9.90 Å². The second-order valence-electron chi connectivity index (χ2n) is 5.52. The fourth-order valence-corrected chi connectivity index (χ4v) is 3.01. The van der Waals surface area contributed by atoms with Crippen molar-refractivity contribution in [2.75, 3.05) is 12.3 Å². The molecule has 0 heterocycles. The van der Waals surface area contributed by atoms with Gasteiger partial charge in [-0.2, -0.15) is 11.8 Å². The number of benzene rings is 2. The minimum Gasteiger partial charge on any atom is -0.508 e. The van der Waals surface area contributed by atoms with Crippen molar-refractivity contribution in [3.8, 4) is 5.75 Å². The summed E-state index contributed by atoms with van der Waals surface area (Å²) >= 11 is 1.82. The van der Waals surface area contributed by atoms with Gasteiger partial charge in [0, 0.05) is 24.5 Å². The summed E-state index contributed by atoms with van der Waals surface area (Å²) < 4.78 is 0. The van der Waals surface area contributed by atoms with E-state index >= 15 is 0 Å². The topological polar surface area (TPSA) is 49.3 Å². The quantitative estimate of drug-likeness (QED) is 0.726. The number of hydrogen-bond donors (Lipinski definition) is 2. The lowest BCUT2D eigenvalue weighted by Crippen LogP contribution is -2.25. The third kappa shape index (κ3) is 6.37. The molecule has 0 aliphatic rings. The summed E-state index contributed by atoms with van der Waals surface area (Å²) in [5.74, 6) is 2.16. The second kappa shape index (κ2) is 9.26. The molecule has 4 heteroatoms. The van der Waals surface area contributed by atoms with Crippen LogP contribution in [0.15, 0.2) is 48.5 Å². The van der Waals surface area contributed by atoms with E-state index in [0.29, 0.717) is 19.4 Å². The van der Waals surface area contributed by atoms with Crippen LogP contribution in [0.1, 0.15) is 23.1 Å². The summed E-state index contributed by atoms with van der Waals surface area (Å²) in [5, 5.41) is 12.6. The highest BCUT2D eigenvalue weighted by molar-refractivity contribution is 7.98. The lowest BCUT2D eigenvalue weighted by atomic mass is 10.1. The van der Waals surface area contributed by atoms with Gasteiger partial charge in [-0.25, -0.2) is 0 Å². The van der Waals surface area contributed by atoms with Gasteiger partial charge in [0.05, 0.1) is 0 Å². The van der Waals surface area contributed by atoms with Crippen LogP contribution < -0.4 is 5.32 Å². The molecule has 3 nitrogen and oxygen atoms in total. The molecule has 0 radical (unpaired) electrons. The fraction of sp³-hybridized carbons (Fsp3) is 0.316. The van der Waals surface area contributed by atoms with Crippen LogP contribution in [0.25, 0.3) is 0 Å². The average molecular weight is 329 g/mol. The number of para-hydroxylation sites is 1. The number of carbonyl (C=O) groups is 1. The van der Waals surface area contributed by atoms with Gasteiger partial charge in [-0.1, -0.05) is 48.0 Å². The molecule has 0 unspecified atom stereocenters. The van der Waals surface area contributed by atoms with Crippen LogP contribution in [0.2, 0.25) is 0 Å². The smallest absolute Gasteiger partial charge is 0.220 e. The van der Waals surface area contributed by atoms with Crippen LogP contribution in [-0.4, -0.2) is 23.3 Å². The third-order valence-corrected chi connectivity index (χ3v) is 4.60. The molecule has 1 amide bonds. The maximum Gasteiger partial charge on any atom is 0.220 e. The summed E-state index contributed by atoms with van der Waals surface area (Å²) in [7, 11) is 0. The van der Waals surface area contributed by atoms with Crippen molar-refractivity contribution in [3.05, 3.63) is 65.2 Å². The van der Waals surface area contributed by atoms with Crippen LogP contribution in [0.5, 0.6) is 5.75 Å². The molecule has 0 aliphatic heterocycles. The van der Waals surface area contributed by atoms with Gasteiger partial charge in [-0.05, 0) is 30.5 Å². The normalized spacial score (nSPS) is 10.5. The summed E-state index contributed by atoms with van der Waals surface area (Å²) in [6.45, 7) is 2.76. The number of aromatic hydroxyl groups is 1. The Hall–Kier alpha value is -1.94. The minimum absolute atomic E-state index is 0.0317. The van der Waals surface area contributed by atoms with Crippen molar-refractivity contribution < 1.29 is 9.90 Å².